The van der Waals surface area contributed by atoms with Crippen molar-refractivity contribution in [2.45, 2.75) is 13.3 Å². The van der Waals surface area contributed by atoms with Gasteiger partial charge in [-0.15, -0.1) is 0 Å². The zero-order valence-electron chi connectivity index (χ0n) is 11.1. The molecule has 0 radical (unpaired) electrons. The maximum absolute atomic E-state index is 13.7. The second kappa shape index (κ2) is 6.66. The second-order valence-corrected chi connectivity index (χ2v) is 5.30. The number of carbonyl (C=O) groups excluding carboxylic acids is 1. The Kier molecular flexibility index (Phi) is 4.90. The molecule has 20 heavy (non-hydrogen) atoms. The summed E-state index contributed by atoms with van der Waals surface area (Å²) in [5, 5.41) is 0. The third kappa shape index (κ3) is 3.45. The summed E-state index contributed by atoms with van der Waals surface area (Å²) in [7, 11) is 0. The Bertz CT molecular complexity index is 601. The quantitative estimate of drug-likeness (QED) is 0.820. The van der Waals surface area contributed by atoms with Crippen molar-refractivity contribution in [3.05, 3.63) is 64.4 Å². The van der Waals surface area contributed by atoms with Crippen LogP contribution in [-0.2, 0) is 11.2 Å². The van der Waals surface area contributed by atoms with Crippen LogP contribution < -0.4 is 4.90 Å². The topological polar surface area (TPSA) is 20.3 Å². The first-order valence-electron chi connectivity index (χ1n) is 6.41. The van der Waals surface area contributed by atoms with Gasteiger partial charge in [0.15, 0.2) is 0 Å². The van der Waals surface area contributed by atoms with Crippen LogP contribution in [0.3, 0.4) is 0 Å². The van der Waals surface area contributed by atoms with Gasteiger partial charge >= 0.3 is 0 Å². The molecule has 0 atom stereocenters. The van der Waals surface area contributed by atoms with Gasteiger partial charge in [-0.2, -0.15) is 0 Å². The monoisotopic (exact) mass is 335 g/mol. The average Bonchev–Trinajstić information content (AvgIpc) is 2.45. The number of anilines is 1. The third-order valence-corrected chi connectivity index (χ3v) is 3.53. The molecular formula is C16H15BrFNO. The first kappa shape index (κ1) is 14.7. The van der Waals surface area contributed by atoms with E-state index >= 15 is 0 Å². The molecule has 0 aliphatic rings. The summed E-state index contributed by atoms with van der Waals surface area (Å²) in [6, 6.07) is 14.0. The van der Waals surface area contributed by atoms with Gasteiger partial charge in [0.1, 0.15) is 5.82 Å². The number of amides is 1. The minimum absolute atomic E-state index is 0.0496. The van der Waals surface area contributed by atoms with Crippen LogP contribution in [-0.4, -0.2) is 12.5 Å². The number of hydrogen-bond donors (Lipinski definition) is 0. The van der Waals surface area contributed by atoms with Gasteiger partial charge in [0.2, 0.25) is 5.91 Å². The van der Waals surface area contributed by atoms with Crippen molar-refractivity contribution >= 4 is 27.5 Å². The molecule has 1 amide bonds. The van der Waals surface area contributed by atoms with Crippen LogP contribution in [0.25, 0.3) is 0 Å². The minimum Gasteiger partial charge on any atom is -0.312 e. The molecule has 0 fully saturated rings. The van der Waals surface area contributed by atoms with E-state index in [2.05, 4.69) is 15.9 Å². The van der Waals surface area contributed by atoms with Crippen LogP contribution in [0.1, 0.15) is 12.5 Å². The van der Waals surface area contributed by atoms with Crippen molar-refractivity contribution in [3.63, 3.8) is 0 Å². The number of para-hydroxylation sites is 1. The van der Waals surface area contributed by atoms with Crippen LogP contribution in [0.2, 0.25) is 0 Å². The lowest BCUT2D eigenvalue weighted by molar-refractivity contribution is -0.118. The fraction of sp³-hybridized carbons (Fsp3) is 0.188. The molecule has 0 aliphatic carbocycles. The lowest BCUT2D eigenvalue weighted by atomic mass is 10.1. The van der Waals surface area contributed by atoms with E-state index in [9.17, 15) is 9.18 Å². The minimum atomic E-state index is -0.356. The predicted molar refractivity (Wildman–Crippen MR) is 82.3 cm³/mol. The number of rotatable bonds is 4. The zero-order valence-corrected chi connectivity index (χ0v) is 12.7. The first-order valence-corrected chi connectivity index (χ1v) is 7.20. The summed E-state index contributed by atoms with van der Waals surface area (Å²) in [6.07, 6.45) is 0.0496. The summed E-state index contributed by atoms with van der Waals surface area (Å²) in [5.41, 5.74) is 1.23. The molecule has 0 saturated heterocycles. The second-order valence-electron chi connectivity index (χ2n) is 4.39. The van der Waals surface area contributed by atoms with E-state index in [1.807, 2.05) is 37.3 Å². The highest BCUT2D eigenvalue weighted by molar-refractivity contribution is 9.10. The van der Waals surface area contributed by atoms with Gasteiger partial charge in [-0.1, -0.05) is 34.1 Å². The van der Waals surface area contributed by atoms with E-state index < -0.39 is 0 Å². The van der Waals surface area contributed by atoms with Gasteiger partial charge in [-0.25, -0.2) is 4.39 Å². The highest BCUT2D eigenvalue weighted by atomic mass is 79.9. The summed E-state index contributed by atoms with van der Waals surface area (Å²) < 4.78 is 14.5. The van der Waals surface area contributed by atoms with Gasteiger partial charge in [-0.05, 0) is 42.8 Å². The number of likely N-dealkylation sites (N-methyl/N-ethyl adjacent to an activating group) is 1. The van der Waals surface area contributed by atoms with Gasteiger partial charge in [-0.3, -0.25) is 4.79 Å². The van der Waals surface area contributed by atoms with Gasteiger partial charge in [0, 0.05) is 16.7 Å². The highest BCUT2D eigenvalue weighted by Crippen LogP contribution is 2.19. The maximum atomic E-state index is 13.7. The molecule has 4 heteroatoms. The normalized spacial score (nSPS) is 10.3. The summed E-state index contributed by atoms with van der Waals surface area (Å²) in [6.45, 7) is 2.46. The van der Waals surface area contributed by atoms with E-state index in [1.165, 1.54) is 6.07 Å². The van der Waals surface area contributed by atoms with Gasteiger partial charge in [0.25, 0.3) is 0 Å². The zero-order chi connectivity index (χ0) is 14.5. The molecule has 0 aromatic heterocycles. The Morgan fingerprint density at radius 3 is 2.55 bits per heavy atom. The molecule has 2 aromatic carbocycles. The Balaban J connectivity index is 2.20. The third-order valence-electron chi connectivity index (χ3n) is 3.03. The molecule has 0 heterocycles. The lowest BCUT2D eigenvalue weighted by Crippen LogP contribution is -2.32. The van der Waals surface area contributed by atoms with Crippen molar-refractivity contribution in [3.8, 4) is 0 Å². The molecule has 0 N–H and O–H groups in total. The van der Waals surface area contributed by atoms with Crippen molar-refractivity contribution in [2.24, 2.45) is 0 Å². The largest absolute Gasteiger partial charge is 0.312 e. The van der Waals surface area contributed by atoms with Crippen molar-refractivity contribution in [1.29, 1.82) is 0 Å². The SMILES string of the molecule is CCN(C(=O)Cc1cc(Br)ccc1F)c1ccccc1. The van der Waals surface area contributed by atoms with Gasteiger partial charge in [0.05, 0.1) is 6.42 Å². The number of nitrogens with zero attached hydrogens (tertiary/aromatic N) is 1. The Morgan fingerprint density at radius 2 is 1.90 bits per heavy atom. The molecule has 2 rings (SSSR count). The maximum Gasteiger partial charge on any atom is 0.231 e. The molecule has 104 valence electrons. The summed E-state index contributed by atoms with van der Waals surface area (Å²) in [5.74, 6) is -0.471. The average molecular weight is 336 g/mol. The van der Waals surface area contributed by atoms with Crippen molar-refractivity contribution in [2.75, 3.05) is 11.4 Å². The Hall–Kier alpha value is -1.68. The number of benzene rings is 2. The molecule has 2 aromatic rings. The number of halogens is 2. The van der Waals surface area contributed by atoms with Crippen LogP contribution in [0.5, 0.6) is 0 Å². The fourth-order valence-electron chi connectivity index (χ4n) is 2.05. The van der Waals surface area contributed by atoms with E-state index in [4.69, 9.17) is 0 Å². The number of hydrogen-bond acceptors (Lipinski definition) is 1. The molecule has 0 bridgehead atoms. The molecule has 0 spiro atoms. The van der Waals surface area contributed by atoms with Crippen molar-refractivity contribution < 1.29 is 9.18 Å². The lowest BCUT2D eigenvalue weighted by Gasteiger charge is -2.21. The molecule has 0 aliphatic heterocycles. The van der Waals surface area contributed by atoms with Gasteiger partial charge < -0.3 is 4.90 Å². The molecule has 0 unspecified atom stereocenters. The fourth-order valence-corrected chi connectivity index (χ4v) is 2.46. The Morgan fingerprint density at radius 1 is 1.20 bits per heavy atom. The summed E-state index contributed by atoms with van der Waals surface area (Å²) in [4.78, 5) is 14.0. The van der Waals surface area contributed by atoms with E-state index in [1.54, 1.807) is 17.0 Å². The molecular weight excluding hydrogens is 321 g/mol. The summed E-state index contributed by atoms with van der Waals surface area (Å²) >= 11 is 3.29. The van der Waals surface area contributed by atoms with E-state index in [0.29, 0.717) is 12.1 Å². The van der Waals surface area contributed by atoms with Crippen LogP contribution in [0.4, 0.5) is 10.1 Å². The van der Waals surface area contributed by atoms with Crippen LogP contribution in [0, 0.1) is 5.82 Å². The molecule has 2 nitrogen and oxygen atoms in total. The first-order chi connectivity index (χ1) is 9.61. The van der Waals surface area contributed by atoms with Crippen molar-refractivity contribution in [1.82, 2.24) is 0 Å². The van der Waals surface area contributed by atoms with Crippen LogP contribution >= 0.6 is 15.9 Å². The molecule has 0 saturated carbocycles. The standard InChI is InChI=1S/C16H15BrFNO/c1-2-19(14-6-4-3-5-7-14)16(20)11-12-10-13(17)8-9-15(12)18/h3-10H,2,11H2,1H3. The highest BCUT2D eigenvalue weighted by Gasteiger charge is 2.16. The van der Waals surface area contributed by atoms with E-state index in [-0.39, 0.29) is 18.1 Å². The predicted octanol–water partition coefficient (Wildman–Crippen LogP) is 4.18. The number of carbonyl (C=O) groups is 1. The van der Waals surface area contributed by atoms with E-state index in [0.717, 1.165) is 10.2 Å². The Labute approximate surface area is 126 Å². The van der Waals surface area contributed by atoms with Crippen LogP contribution in [0.15, 0.2) is 53.0 Å². The smallest absolute Gasteiger partial charge is 0.231 e.